The number of rotatable bonds is 3. The van der Waals surface area contributed by atoms with Crippen LogP contribution in [0.1, 0.15) is 28.4 Å². The number of H-pyrrole nitrogens is 1. The van der Waals surface area contributed by atoms with Gasteiger partial charge in [-0.2, -0.15) is 0 Å². The van der Waals surface area contributed by atoms with Crippen molar-refractivity contribution in [3.63, 3.8) is 0 Å². The third kappa shape index (κ3) is 2.15. The van der Waals surface area contributed by atoms with Gasteiger partial charge in [0.2, 0.25) is 0 Å². The molecule has 2 aromatic carbocycles. The second-order valence-corrected chi connectivity index (χ2v) is 5.20. The Balaban J connectivity index is 2.29. The SMILES string of the molecule is CCc1ccc(-c2[nH]c3c(C)ccc(F)c3c2C=O)cc1. The standard InChI is InChI=1S/C18H16FNO/c1-3-12-5-7-13(8-6-12)18-14(10-21)16-15(19)9-4-11(2)17(16)20-18/h4-10,20H,3H2,1-2H3. The number of hydrogen-bond donors (Lipinski definition) is 1. The maximum Gasteiger partial charge on any atom is 0.152 e. The normalized spacial score (nSPS) is 11.0. The third-order valence-corrected chi connectivity index (χ3v) is 3.92. The molecule has 0 saturated heterocycles. The molecular formula is C18H16FNO. The first-order valence-electron chi connectivity index (χ1n) is 7.01. The number of aromatic nitrogens is 1. The first kappa shape index (κ1) is 13.6. The van der Waals surface area contributed by atoms with Gasteiger partial charge in [-0.25, -0.2) is 4.39 Å². The quantitative estimate of drug-likeness (QED) is 0.696. The first-order valence-corrected chi connectivity index (χ1v) is 7.01. The van der Waals surface area contributed by atoms with E-state index in [4.69, 9.17) is 0 Å². The number of aldehydes is 1. The van der Waals surface area contributed by atoms with Gasteiger partial charge in [0.25, 0.3) is 0 Å². The van der Waals surface area contributed by atoms with Crippen molar-refractivity contribution in [2.75, 3.05) is 0 Å². The highest BCUT2D eigenvalue weighted by molar-refractivity contribution is 6.05. The molecule has 0 unspecified atom stereocenters. The first-order chi connectivity index (χ1) is 10.2. The van der Waals surface area contributed by atoms with Crippen LogP contribution in [-0.4, -0.2) is 11.3 Å². The van der Waals surface area contributed by atoms with Gasteiger partial charge < -0.3 is 4.98 Å². The molecule has 0 aliphatic heterocycles. The molecule has 2 nitrogen and oxygen atoms in total. The summed E-state index contributed by atoms with van der Waals surface area (Å²) in [5.41, 5.74) is 4.79. The molecule has 3 rings (SSSR count). The Bertz CT molecular complexity index is 815. The van der Waals surface area contributed by atoms with E-state index >= 15 is 0 Å². The number of nitrogens with one attached hydrogen (secondary N) is 1. The number of carbonyl (C=O) groups is 1. The molecule has 3 heteroatoms. The van der Waals surface area contributed by atoms with E-state index in [2.05, 4.69) is 11.9 Å². The van der Waals surface area contributed by atoms with Crippen molar-refractivity contribution in [3.8, 4) is 11.3 Å². The molecule has 106 valence electrons. The molecule has 3 aromatic rings. The molecule has 0 bridgehead atoms. The second-order valence-electron chi connectivity index (χ2n) is 5.20. The second kappa shape index (κ2) is 5.17. The van der Waals surface area contributed by atoms with Crippen LogP contribution in [0.15, 0.2) is 36.4 Å². The zero-order valence-electron chi connectivity index (χ0n) is 12.0. The van der Waals surface area contributed by atoms with Crippen LogP contribution in [-0.2, 0) is 6.42 Å². The van der Waals surface area contributed by atoms with E-state index in [0.29, 0.717) is 22.2 Å². The molecule has 0 aliphatic carbocycles. The molecule has 21 heavy (non-hydrogen) atoms. The zero-order chi connectivity index (χ0) is 15.0. The smallest absolute Gasteiger partial charge is 0.152 e. The van der Waals surface area contributed by atoms with E-state index in [0.717, 1.165) is 23.8 Å². The number of benzene rings is 2. The van der Waals surface area contributed by atoms with Crippen LogP contribution in [0.3, 0.4) is 0 Å². The van der Waals surface area contributed by atoms with Crippen molar-refractivity contribution < 1.29 is 9.18 Å². The van der Waals surface area contributed by atoms with E-state index in [9.17, 15) is 9.18 Å². The van der Waals surface area contributed by atoms with Gasteiger partial charge in [0.1, 0.15) is 5.82 Å². The summed E-state index contributed by atoms with van der Waals surface area (Å²) in [5, 5.41) is 0.375. The van der Waals surface area contributed by atoms with Gasteiger partial charge in [-0.3, -0.25) is 4.79 Å². The molecule has 0 atom stereocenters. The number of aryl methyl sites for hydroxylation is 2. The lowest BCUT2D eigenvalue weighted by Crippen LogP contribution is -1.87. The van der Waals surface area contributed by atoms with Crippen molar-refractivity contribution in [1.82, 2.24) is 4.98 Å². The van der Waals surface area contributed by atoms with Crippen molar-refractivity contribution in [2.45, 2.75) is 20.3 Å². The molecule has 0 aliphatic rings. The maximum atomic E-state index is 14.1. The lowest BCUT2D eigenvalue weighted by molar-refractivity contribution is 0.112. The number of hydrogen-bond acceptors (Lipinski definition) is 1. The van der Waals surface area contributed by atoms with Crippen LogP contribution >= 0.6 is 0 Å². The van der Waals surface area contributed by atoms with Gasteiger partial charge >= 0.3 is 0 Å². The lowest BCUT2D eigenvalue weighted by Gasteiger charge is -2.02. The fourth-order valence-electron chi connectivity index (χ4n) is 2.68. The molecule has 1 aromatic heterocycles. The van der Waals surface area contributed by atoms with Crippen molar-refractivity contribution >= 4 is 17.2 Å². The molecule has 0 saturated carbocycles. The highest BCUT2D eigenvalue weighted by atomic mass is 19.1. The maximum absolute atomic E-state index is 14.1. The van der Waals surface area contributed by atoms with E-state index in [1.807, 2.05) is 31.2 Å². The molecule has 0 amide bonds. The Morgan fingerprint density at radius 1 is 1.14 bits per heavy atom. The summed E-state index contributed by atoms with van der Waals surface area (Å²) in [7, 11) is 0. The van der Waals surface area contributed by atoms with Crippen LogP contribution in [0.2, 0.25) is 0 Å². The largest absolute Gasteiger partial charge is 0.354 e. The van der Waals surface area contributed by atoms with Crippen molar-refractivity contribution in [3.05, 3.63) is 58.9 Å². The summed E-state index contributed by atoms with van der Waals surface area (Å²) in [5.74, 6) is -0.370. The fraction of sp³-hybridized carbons (Fsp3) is 0.167. The Kier molecular flexibility index (Phi) is 3.34. The molecule has 0 radical (unpaired) electrons. The van der Waals surface area contributed by atoms with Crippen LogP contribution in [0.5, 0.6) is 0 Å². The summed E-state index contributed by atoms with van der Waals surface area (Å²) in [4.78, 5) is 14.7. The van der Waals surface area contributed by atoms with E-state index < -0.39 is 0 Å². The summed E-state index contributed by atoms with van der Waals surface area (Å²) in [6, 6.07) is 11.1. The van der Waals surface area contributed by atoms with Gasteiger partial charge in [0.15, 0.2) is 6.29 Å². The Labute approximate surface area is 122 Å². The topological polar surface area (TPSA) is 32.9 Å². The minimum Gasteiger partial charge on any atom is -0.354 e. The van der Waals surface area contributed by atoms with E-state index in [-0.39, 0.29) is 5.82 Å². The van der Waals surface area contributed by atoms with E-state index in [1.165, 1.54) is 11.6 Å². The monoisotopic (exact) mass is 281 g/mol. The Hall–Kier alpha value is -2.42. The number of halogens is 1. The van der Waals surface area contributed by atoms with Gasteiger partial charge in [0, 0.05) is 5.39 Å². The third-order valence-electron chi connectivity index (χ3n) is 3.92. The number of aromatic amines is 1. The van der Waals surface area contributed by atoms with Crippen LogP contribution in [0, 0.1) is 12.7 Å². The Morgan fingerprint density at radius 3 is 2.48 bits per heavy atom. The molecule has 0 spiro atoms. The minimum absolute atomic E-state index is 0.370. The fourth-order valence-corrected chi connectivity index (χ4v) is 2.68. The molecular weight excluding hydrogens is 265 g/mol. The lowest BCUT2D eigenvalue weighted by atomic mass is 10.0. The van der Waals surface area contributed by atoms with Crippen molar-refractivity contribution in [2.24, 2.45) is 0 Å². The summed E-state index contributed by atoms with van der Waals surface area (Å²) < 4.78 is 14.1. The molecule has 1 N–H and O–H groups in total. The van der Waals surface area contributed by atoms with Crippen LogP contribution in [0.25, 0.3) is 22.2 Å². The Morgan fingerprint density at radius 2 is 1.86 bits per heavy atom. The predicted octanol–water partition coefficient (Wildman–Crippen LogP) is 4.66. The number of fused-ring (bicyclic) bond motifs is 1. The summed E-state index contributed by atoms with van der Waals surface area (Å²) in [6.45, 7) is 3.99. The zero-order valence-corrected chi connectivity index (χ0v) is 12.0. The minimum atomic E-state index is -0.370. The average Bonchev–Trinajstić information content (AvgIpc) is 2.92. The summed E-state index contributed by atoms with van der Waals surface area (Å²) in [6.07, 6.45) is 1.69. The van der Waals surface area contributed by atoms with Gasteiger partial charge in [0.05, 0.1) is 16.8 Å². The predicted molar refractivity (Wildman–Crippen MR) is 83.2 cm³/mol. The van der Waals surface area contributed by atoms with Gasteiger partial charge in [-0.15, -0.1) is 0 Å². The summed E-state index contributed by atoms with van der Waals surface area (Å²) >= 11 is 0. The highest BCUT2D eigenvalue weighted by Crippen LogP contribution is 2.32. The highest BCUT2D eigenvalue weighted by Gasteiger charge is 2.17. The average molecular weight is 281 g/mol. The van der Waals surface area contributed by atoms with Gasteiger partial charge in [-0.05, 0) is 36.1 Å². The molecule has 0 fully saturated rings. The van der Waals surface area contributed by atoms with Crippen molar-refractivity contribution in [1.29, 1.82) is 0 Å². The van der Waals surface area contributed by atoms with E-state index in [1.54, 1.807) is 6.07 Å². The van der Waals surface area contributed by atoms with Gasteiger partial charge in [-0.1, -0.05) is 37.3 Å². The number of carbonyl (C=O) groups excluding carboxylic acids is 1. The van der Waals surface area contributed by atoms with Crippen LogP contribution in [0.4, 0.5) is 4.39 Å². The molecule has 1 heterocycles. The van der Waals surface area contributed by atoms with Crippen LogP contribution < -0.4 is 0 Å².